The van der Waals surface area contributed by atoms with Crippen LogP contribution in [0.4, 0.5) is 0 Å². The smallest absolute Gasteiger partial charge is 0.0222 e. The summed E-state index contributed by atoms with van der Waals surface area (Å²) in [5, 5.41) is 0. The van der Waals surface area contributed by atoms with Gasteiger partial charge in [0, 0.05) is 0 Å². The Bertz CT molecular complexity index is 140. The standard InChI is InChI=1S/C10H16/c1-5-7-10(4)8-9(3)6-2/h5-7,10H,2-3,8H2,1,4H3/b7-5+. The van der Waals surface area contributed by atoms with Crippen LogP contribution in [0.5, 0.6) is 0 Å². The zero-order valence-corrected chi connectivity index (χ0v) is 6.93. The van der Waals surface area contributed by atoms with Gasteiger partial charge in [-0.1, -0.05) is 43.9 Å². The Labute approximate surface area is 64.0 Å². The largest absolute Gasteiger partial charge is 0.0988 e. The highest BCUT2D eigenvalue weighted by atomic mass is 14.0. The first-order valence-electron chi connectivity index (χ1n) is 3.63. The lowest BCUT2D eigenvalue weighted by Crippen LogP contribution is -1.89. The lowest BCUT2D eigenvalue weighted by Gasteiger charge is -2.03. The number of hydrogen-bond acceptors (Lipinski definition) is 0. The van der Waals surface area contributed by atoms with Crippen molar-refractivity contribution in [3.8, 4) is 0 Å². The van der Waals surface area contributed by atoms with Crippen molar-refractivity contribution in [1.82, 2.24) is 0 Å². The van der Waals surface area contributed by atoms with Gasteiger partial charge in [-0.05, 0) is 19.3 Å². The van der Waals surface area contributed by atoms with Crippen molar-refractivity contribution in [3.05, 3.63) is 37.0 Å². The Morgan fingerprint density at radius 1 is 1.60 bits per heavy atom. The number of hydrogen-bond donors (Lipinski definition) is 0. The maximum absolute atomic E-state index is 3.84. The minimum absolute atomic E-state index is 0.593. The van der Waals surface area contributed by atoms with Crippen molar-refractivity contribution in [2.24, 2.45) is 5.92 Å². The van der Waals surface area contributed by atoms with Crippen molar-refractivity contribution in [1.29, 1.82) is 0 Å². The average molecular weight is 136 g/mol. The highest BCUT2D eigenvalue weighted by Gasteiger charge is 1.95. The lowest BCUT2D eigenvalue weighted by atomic mass is 10.0. The highest BCUT2D eigenvalue weighted by molar-refractivity contribution is 5.12. The second kappa shape index (κ2) is 5.04. The molecule has 0 aromatic carbocycles. The maximum atomic E-state index is 3.84. The molecule has 0 bridgehead atoms. The van der Waals surface area contributed by atoms with Gasteiger partial charge in [-0.15, -0.1) is 0 Å². The molecule has 0 heterocycles. The third-order valence-electron chi connectivity index (χ3n) is 1.39. The van der Waals surface area contributed by atoms with Crippen LogP contribution in [0.15, 0.2) is 37.0 Å². The predicted molar refractivity (Wildman–Crippen MR) is 47.9 cm³/mol. The zero-order chi connectivity index (χ0) is 7.98. The minimum atomic E-state index is 0.593. The van der Waals surface area contributed by atoms with Gasteiger partial charge in [0.1, 0.15) is 0 Å². The van der Waals surface area contributed by atoms with Crippen LogP contribution in [0.25, 0.3) is 0 Å². The fraction of sp³-hybridized carbons (Fsp3) is 0.400. The van der Waals surface area contributed by atoms with Crippen molar-refractivity contribution in [3.63, 3.8) is 0 Å². The molecule has 0 radical (unpaired) electrons. The lowest BCUT2D eigenvalue weighted by molar-refractivity contribution is 0.727. The van der Waals surface area contributed by atoms with Gasteiger partial charge in [0.2, 0.25) is 0 Å². The summed E-state index contributed by atoms with van der Waals surface area (Å²) in [6.45, 7) is 11.7. The van der Waals surface area contributed by atoms with Crippen LogP contribution < -0.4 is 0 Å². The van der Waals surface area contributed by atoms with E-state index in [9.17, 15) is 0 Å². The molecule has 0 saturated heterocycles. The molecule has 0 amide bonds. The first kappa shape index (κ1) is 9.22. The quantitative estimate of drug-likeness (QED) is 0.411. The van der Waals surface area contributed by atoms with Crippen LogP contribution in [0.1, 0.15) is 20.3 Å². The molecule has 56 valence electrons. The first-order valence-corrected chi connectivity index (χ1v) is 3.63. The summed E-state index contributed by atoms with van der Waals surface area (Å²) in [6, 6.07) is 0. The summed E-state index contributed by atoms with van der Waals surface area (Å²) in [7, 11) is 0. The Morgan fingerprint density at radius 2 is 2.20 bits per heavy atom. The molecule has 1 atom stereocenters. The van der Waals surface area contributed by atoms with Crippen LogP contribution in [0.2, 0.25) is 0 Å². The molecule has 0 nitrogen and oxygen atoms in total. The summed E-state index contributed by atoms with van der Waals surface area (Å²) in [5.74, 6) is 0.593. The fourth-order valence-corrected chi connectivity index (χ4v) is 0.893. The van der Waals surface area contributed by atoms with E-state index in [2.05, 4.69) is 32.2 Å². The minimum Gasteiger partial charge on any atom is -0.0988 e. The van der Waals surface area contributed by atoms with Gasteiger partial charge in [-0.2, -0.15) is 0 Å². The molecule has 0 N–H and O–H groups in total. The molecule has 0 aliphatic heterocycles. The maximum Gasteiger partial charge on any atom is -0.0222 e. The van der Waals surface area contributed by atoms with E-state index in [1.165, 1.54) is 0 Å². The molecular formula is C10H16. The molecule has 0 aromatic rings. The summed E-state index contributed by atoms with van der Waals surface area (Å²) >= 11 is 0. The molecule has 0 rings (SSSR count). The van der Waals surface area contributed by atoms with E-state index in [1.807, 2.05) is 13.0 Å². The van der Waals surface area contributed by atoms with E-state index < -0.39 is 0 Å². The van der Waals surface area contributed by atoms with E-state index in [4.69, 9.17) is 0 Å². The second-order valence-corrected chi connectivity index (χ2v) is 2.57. The van der Waals surface area contributed by atoms with Gasteiger partial charge in [-0.25, -0.2) is 0 Å². The van der Waals surface area contributed by atoms with Crippen LogP contribution in [0, 0.1) is 5.92 Å². The van der Waals surface area contributed by atoms with Gasteiger partial charge in [0.05, 0.1) is 0 Å². The van der Waals surface area contributed by atoms with Crippen molar-refractivity contribution < 1.29 is 0 Å². The Balaban J connectivity index is 3.67. The Kier molecular flexibility index (Phi) is 4.65. The van der Waals surface area contributed by atoms with Gasteiger partial charge in [0.25, 0.3) is 0 Å². The van der Waals surface area contributed by atoms with E-state index >= 15 is 0 Å². The summed E-state index contributed by atoms with van der Waals surface area (Å²) in [4.78, 5) is 0. The monoisotopic (exact) mass is 136 g/mol. The van der Waals surface area contributed by atoms with Gasteiger partial charge in [-0.3, -0.25) is 0 Å². The molecule has 0 aliphatic carbocycles. The van der Waals surface area contributed by atoms with Gasteiger partial charge >= 0.3 is 0 Å². The molecule has 0 aliphatic rings. The van der Waals surface area contributed by atoms with Gasteiger partial charge in [0.15, 0.2) is 0 Å². The molecule has 10 heavy (non-hydrogen) atoms. The predicted octanol–water partition coefficient (Wildman–Crippen LogP) is 3.33. The van der Waals surface area contributed by atoms with Crippen molar-refractivity contribution >= 4 is 0 Å². The SMILES string of the molecule is C=CC(=C)CC(C)/C=C/C. The van der Waals surface area contributed by atoms with Crippen molar-refractivity contribution in [2.75, 3.05) is 0 Å². The third kappa shape index (κ3) is 4.13. The van der Waals surface area contributed by atoms with E-state index in [0.717, 1.165) is 12.0 Å². The van der Waals surface area contributed by atoms with Crippen LogP contribution in [-0.2, 0) is 0 Å². The number of allylic oxidation sites excluding steroid dienone is 4. The normalized spacial score (nSPS) is 13.4. The Morgan fingerprint density at radius 3 is 2.60 bits per heavy atom. The van der Waals surface area contributed by atoms with E-state index in [-0.39, 0.29) is 0 Å². The highest BCUT2D eigenvalue weighted by Crippen LogP contribution is 2.10. The summed E-state index contributed by atoms with van der Waals surface area (Å²) in [6.07, 6.45) is 7.09. The van der Waals surface area contributed by atoms with Crippen LogP contribution >= 0.6 is 0 Å². The fourth-order valence-electron chi connectivity index (χ4n) is 0.893. The second-order valence-electron chi connectivity index (χ2n) is 2.57. The van der Waals surface area contributed by atoms with Crippen molar-refractivity contribution in [2.45, 2.75) is 20.3 Å². The third-order valence-corrected chi connectivity index (χ3v) is 1.39. The number of rotatable bonds is 4. The average Bonchev–Trinajstić information content (AvgIpc) is 1.88. The van der Waals surface area contributed by atoms with Gasteiger partial charge < -0.3 is 0 Å². The molecule has 1 unspecified atom stereocenters. The molecule has 0 saturated carbocycles. The van der Waals surface area contributed by atoms with E-state index in [0.29, 0.717) is 5.92 Å². The molecule has 0 spiro atoms. The zero-order valence-electron chi connectivity index (χ0n) is 6.93. The van der Waals surface area contributed by atoms with E-state index in [1.54, 1.807) is 0 Å². The topological polar surface area (TPSA) is 0 Å². The molecule has 0 aromatic heterocycles. The molecule has 0 heteroatoms. The molecule has 0 fully saturated rings. The Hall–Kier alpha value is -0.780. The van der Waals surface area contributed by atoms with Crippen LogP contribution in [0.3, 0.4) is 0 Å². The molecular weight excluding hydrogens is 120 g/mol. The summed E-state index contributed by atoms with van der Waals surface area (Å²) < 4.78 is 0. The summed E-state index contributed by atoms with van der Waals surface area (Å²) in [5.41, 5.74) is 1.12. The first-order chi connectivity index (χ1) is 4.70. The van der Waals surface area contributed by atoms with Crippen LogP contribution in [-0.4, -0.2) is 0 Å².